The molecule has 0 N–H and O–H groups in total. The zero-order valence-corrected chi connectivity index (χ0v) is 23.7. The summed E-state index contributed by atoms with van der Waals surface area (Å²) in [6.45, 7) is 2.61. The zero-order chi connectivity index (χ0) is 27.4. The van der Waals surface area contributed by atoms with Gasteiger partial charge in [0, 0.05) is 36.6 Å². The van der Waals surface area contributed by atoms with Gasteiger partial charge in [-0.3, -0.25) is 14.7 Å². The number of fused-ring (bicyclic) bond motifs is 1. The summed E-state index contributed by atoms with van der Waals surface area (Å²) >= 11 is 1.42. The second kappa shape index (κ2) is 11.8. The number of thiazole rings is 1. The smallest absolute Gasteiger partial charge is 0.260 e. The van der Waals surface area contributed by atoms with E-state index < -0.39 is 10.0 Å². The van der Waals surface area contributed by atoms with Gasteiger partial charge in [0.05, 0.1) is 28.8 Å². The third-order valence-electron chi connectivity index (χ3n) is 7.15. The highest BCUT2D eigenvalue weighted by molar-refractivity contribution is 7.89. The normalized spacial score (nSPS) is 14.5. The summed E-state index contributed by atoms with van der Waals surface area (Å²) in [6.07, 6.45) is 8.41. The highest BCUT2D eigenvalue weighted by Gasteiger charge is 2.31. The van der Waals surface area contributed by atoms with Crippen molar-refractivity contribution in [2.75, 3.05) is 18.6 Å². The molecule has 1 aliphatic carbocycles. The number of benzene rings is 2. The minimum atomic E-state index is -3.66. The molecule has 0 unspecified atom stereocenters. The maximum Gasteiger partial charge on any atom is 0.260 e. The predicted molar refractivity (Wildman–Crippen MR) is 154 cm³/mol. The zero-order valence-electron chi connectivity index (χ0n) is 22.1. The molecule has 0 atom stereocenters. The number of ether oxygens (including phenoxy) is 1. The molecule has 39 heavy (non-hydrogen) atoms. The topological polar surface area (TPSA) is 92.7 Å². The van der Waals surface area contributed by atoms with Gasteiger partial charge >= 0.3 is 0 Å². The molecule has 2 aromatic heterocycles. The summed E-state index contributed by atoms with van der Waals surface area (Å²) in [4.78, 5) is 24.5. The van der Waals surface area contributed by atoms with E-state index in [1.165, 1.54) is 11.3 Å². The molecular weight excluding hydrogens is 532 g/mol. The Morgan fingerprint density at radius 1 is 1.03 bits per heavy atom. The number of hydrogen-bond acceptors (Lipinski definition) is 7. The van der Waals surface area contributed by atoms with E-state index in [1.54, 1.807) is 53.0 Å². The molecule has 0 bridgehead atoms. The van der Waals surface area contributed by atoms with E-state index in [-0.39, 0.29) is 16.8 Å². The van der Waals surface area contributed by atoms with E-state index in [1.807, 2.05) is 37.3 Å². The Morgan fingerprint density at radius 2 is 1.74 bits per heavy atom. The molecular formula is C29H32N4O4S2. The van der Waals surface area contributed by atoms with Gasteiger partial charge in [0.1, 0.15) is 5.75 Å². The second-order valence-corrected chi connectivity index (χ2v) is 12.5. The van der Waals surface area contributed by atoms with Crippen LogP contribution in [0.15, 0.2) is 71.9 Å². The number of aromatic nitrogens is 2. The Labute approximate surface area is 233 Å². The average molecular weight is 565 g/mol. The van der Waals surface area contributed by atoms with Crippen molar-refractivity contribution >= 4 is 42.6 Å². The van der Waals surface area contributed by atoms with Crippen molar-refractivity contribution in [2.45, 2.75) is 56.5 Å². The summed E-state index contributed by atoms with van der Waals surface area (Å²) < 4.78 is 34.9. The van der Waals surface area contributed by atoms with E-state index in [2.05, 4.69) is 4.98 Å². The number of carbonyl (C=O) groups is 1. The van der Waals surface area contributed by atoms with Crippen molar-refractivity contribution < 1.29 is 17.9 Å². The average Bonchev–Trinajstić information content (AvgIpc) is 3.40. The van der Waals surface area contributed by atoms with Crippen LogP contribution in [-0.4, -0.2) is 48.3 Å². The van der Waals surface area contributed by atoms with E-state index >= 15 is 0 Å². The van der Waals surface area contributed by atoms with Crippen molar-refractivity contribution in [2.24, 2.45) is 0 Å². The van der Waals surface area contributed by atoms with Crippen LogP contribution in [0.1, 0.15) is 54.9 Å². The van der Waals surface area contributed by atoms with Gasteiger partial charge in [-0.15, -0.1) is 0 Å². The van der Waals surface area contributed by atoms with E-state index in [0.29, 0.717) is 29.5 Å². The first-order valence-electron chi connectivity index (χ1n) is 13.2. The maximum absolute atomic E-state index is 13.8. The van der Waals surface area contributed by atoms with E-state index in [4.69, 9.17) is 9.72 Å². The maximum atomic E-state index is 13.8. The molecule has 5 rings (SSSR count). The third kappa shape index (κ3) is 5.83. The summed E-state index contributed by atoms with van der Waals surface area (Å²) in [5, 5.41) is 0.547. The molecule has 204 valence electrons. The fraction of sp³-hybridized carbons (Fsp3) is 0.345. The lowest BCUT2D eigenvalue weighted by molar-refractivity contribution is 0.0985. The van der Waals surface area contributed by atoms with Gasteiger partial charge in [0.25, 0.3) is 5.91 Å². The number of methoxy groups -OCH3 is 1. The van der Waals surface area contributed by atoms with E-state index in [9.17, 15) is 13.2 Å². The summed E-state index contributed by atoms with van der Waals surface area (Å²) in [5.74, 6) is 0.430. The van der Waals surface area contributed by atoms with Crippen LogP contribution in [0.4, 0.5) is 5.13 Å². The monoisotopic (exact) mass is 564 g/mol. The Hall–Kier alpha value is -3.34. The third-order valence-corrected chi connectivity index (χ3v) is 10.3. The lowest BCUT2D eigenvalue weighted by Crippen LogP contribution is -2.41. The number of carbonyl (C=O) groups excluding carboxylic acids is 1. The molecule has 4 aromatic rings. The molecule has 0 saturated heterocycles. The van der Waals surface area contributed by atoms with Crippen LogP contribution in [0.25, 0.3) is 10.2 Å². The van der Waals surface area contributed by atoms with Gasteiger partial charge in [-0.2, -0.15) is 4.31 Å². The van der Waals surface area contributed by atoms with Gasteiger partial charge in [-0.25, -0.2) is 13.4 Å². The van der Waals surface area contributed by atoms with Crippen LogP contribution >= 0.6 is 11.3 Å². The molecule has 2 aromatic carbocycles. The fourth-order valence-electron chi connectivity index (χ4n) is 5.09. The molecule has 0 spiro atoms. The first-order valence-corrected chi connectivity index (χ1v) is 15.4. The van der Waals surface area contributed by atoms with Crippen LogP contribution in [0.2, 0.25) is 0 Å². The lowest BCUT2D eigenvalue weighted by atomic mass is 9.95. The first kappa shape index (κ1) is 27.2. The number of sulfonamides is 1. The molecule has 8 nitrogen and oxygen atoms in total. The van der Waals surface area contributed by atoms with Gasteiger partial charge < -0.3 is 4.74 Å². The minimum absolute atomic E-state index is 0.0311. The Balaban J connectivity index is 1.45. The molecule has 1 fully saturated rings. The van der Waals surface area contributed by atoms with Crippen molar-refractivity contribution in [3.05, 3.63) is 78.1 Å². The Bertz CT molecular complexity index is 1530. The molecule has 1 amide bonds. The number of hydrogen-bond donors (Lipinski definition) is 0. The molecule has 10 heteroatoms. The van der Waals surface area contributed by atoms with Crippen LogP contribution in [0.5, 0.6) is 5.75 Å². The fourth-order valence-corrected chi connectivity index (χ4v) is 7.73. The Kier molecular flexibility index (Phi) is 8.25. The van der Waals surface area contributed by atoms with Crippen LogP contribution in [0.3, 0.4) is 0 Å². The number of amides is 1. The van der Waals surface area contributed by atoms with Gasteiger partial charge in [0.2, 0.25) is 10.0 Å². The second-order valence-electron chi connectivity index (χ2n) is 9.60. The van der Waals surface area contributed by atoms with Crippen LogP contribution < -0.4 is 9.64 Å². The van der Waals surface area contributed by atoms with E-state index in [0.717, 1.165) is 47.9 Å². The van der Waals surface area contributed by atoms with Gasteiger partial charge in [-0.1, -0.05) is 37.5 Å². The van der Waals surface area contributed by atoms with Gasteiger partial charge in [0.15, 0.2) is 5.13 Å². The molecule has 0 radical (unpaired) electrons. The predicted octanol–water partition coefficient (Wildman–Crippen LogP) is 5.89. The summed E-state index contributed by atoms with van der Waals surface area (Å²) in [7, 11) is -2.06. The van der Waals surface area contributed by atoms with Gasteiger partial charge in [-0.05, 0) is 66.9 Å². The largest absolute Gasteiger partial charge is 0.497 e. The number of pyridine rings is 1. The van der Waals surface area contributed by atoms with Crippen molar-refractivity contribution in [3.63, 3.8) is 0 Å². The number of rotatable bonds is 9. The molecule has 2 heterocycles. The number of anilines is 1. The summed E-state index contributed by atoms with van der Waals surface area (Å²) in [6, 6.07) is 15.7. The Morgan fingerprint density at radius 3 is 2.41 bits per heavy atom. The lowest BCUT2D eigenvalue weighted by Gasteiger charge is -2.32. The molecule has 1 aliphatic rings. The van der Waals surface area contributed by atoms with Crippen LogP contribution in [0, 0.1) is 0 Å². The highest BCUT2D eigenvalue weighted by Crippen LogP contribution is 2.33. The minimum Gasteiger partial charge on any atom is -0.497 e. The summed E-state index contributed by atoms with van der Waals surface area (Å²) in [5.41, 5.74) is 2.03. The quantitative estimate of drug-likeness (QED) is 0.252. The standard InChI is InChI=1S/C29H32N4O4S2/c1-3-33(23-7-5-4-6-8-23)39(35,36)25-12-9-22(10-13-25)28(34)32(20-21-15-17-30-18-16-21)29-31-26-19-24(37-2)11-14-27(26)38-29/h9-19,23H,3-8,20H2,1-2H3. The van der Waals surface area contributed by atoms with Crippen molar-refractivity contribution in [1.29, 1.82) is 0 Å². The SMILES string of the molecule is CCN(C1CCCCC1)S(=O)(=O)c1ccc(C(=O)N(Cc2ccncc2)c2nc3cc(OC)ccc3s2)cc1. The van der Waals surface area contributed by atoms with Crippen molar-refractivity contribution in [3.8, 4) is 5.75 Å². The number of nitrogens with zero attached hydrogens (tertiary/aromatic N) is 4. The highest BCUT2D eigenvalue weighted by atomic mass is 32.2. The van der Waals surface area contributed by atoms with Crippen LogP contribution in [-0.2, 0) is 16.6 Å². The first-order chi connectivity index (χ1) is 18.9. The molecule has 1 saturated carbocycles. The molecule has 0 aliphatic heterocycles. The van der Waals surface area contributed by atoms with Crippen molar-refractivity contribution in [1.82, 2.24) is 14.3 Å².